The van der Waals surface area contributed by atoms with E-state index in [9.17, 15) is 14.0 Å². The third-order valence-electron chi connectivity index (χ3n) is 1.96. The van der Waals surface area contributed by atoms with Crippen molar-refractivity contribution in [3.63, 3.8) is 0 Å². The van der Waals surface area contributed by atoms with Crippen LogP contribution in [-0.4, -0.2) is 17.0 Å². The van der Waals surface area contributed by atoms with Gasteiger partial charge in [-0.1, -0.05) is 0 Å². The van der Waals surface area contributed by atoms with Crippen LogP contribution < -0.4 is 5.32 Å². The van der Waals surface area contributed by atoms with Gasteiger partial charge in [0.05, 0.1) is 11.8 Å². The first kappa shape index (κ1) is 12.6. The van der Waals surface area contributed by atoms with Gasteiger partial charge in [-0.2, -0.15) is 5.26 Å². The van der Waals surface area contributed by atoms with E-state index in [2.05, 4.69) is 5.32 Å². The molecule has 0 atom stereocenters. The number of carbonyl (C=O) groups excluding carboxylic acids is 1. The molecule has 5 nitrogen and oxygen atoms in total. The number of benzene rings is 1. The minimum absolute atomic E-state index is 0.143. The molecule has 2 N–H and O–H groups in total. The van der Waals surface area contributed by atoms with Crippen LogP contribution in [0.15, 0.2) is 12.1 Å². The van der Waals surface area contributed by atoms with Crippen molar-refractivity contribution < 1.29 is 19.1 Å². The third kappa shape index (κ3) is 3.01. The second-order valence-electron chi connectivity index (χ2n) is 3.36. The molecule has 0 fully saturated rings. The highest BCUT2D eigenvalue weighted by atomic mass is 19.1. The molecule has 0 bridgehead atoms. The van der Waals surface area contributed by atoms with E-state index in [1.807, 2.05) is 0 Å². The summed E-state index contributed by atoms with van der Waals surface area (Å²) in [5.41, 5.74) is -0.281. The lowest BCUT2D eigenvalue weighted by Crippen LogP contribution is -2.15. The first-order valence-corrected chi connectivity index (χ1v) is 4.66. The summed E-state index contributed by atoms with van der Waals surface area (Å²) in [6.45, 7) is 1.56. The Morgan fingerprint density at radius 2 is 2.18 bits per heavy atom. The highest BCUT2D eigenvalue weighted by Gasteiger charge is 2.18. The van der Waals surface area contributed by atoms with Crippen molar-refractivity contribution in [3.8, 4) is 6.07 Å². The van der Waals surface area contributed by atoms with Crippen LogP contribution in [0.3, 0.4) is 0 Å². The standard InChI is InChI=1S/C11H9FN2O3/c1-6-4-7(12)10(11(16)17)8(5-6)14-9(15)2-3-13/h4-5H,2H2,1H3,(H,14,15)(H,16,17). The quantitative estimate of drug-likeness (QED) is 0.835. The Hall–Kier alpha value is -2.42. The number of aryl methyl sites for hydroxylation is 1. The average Bonchev–Trinajstić information content (AvgIpc) is 2.15. The SMILES string of the molecule is Cc1cc(F)c(C(=O)O)c(NC(=O)CC#N)c1. The molecule has 0 aliphatic heterocycles. The van der Waals surface area contributed by atoms with E-state index < -0.39 is 29.7 Å². The number of amides is 1. The lowest BCUT2D eigenvalue weighted by atomic mass is 10.1. The van der Waals surface area contributed by atoms with E-state index in [-0.39, 0.29) is 5.69 Å². The second kappa shape index (κ2) is 5.07. The zero-order valence-corrected chi connectivity index (χ0v) is 8.95. The summed E-state index contributed by atoms with van der Waals surface area (Å²) in [7, 11) is 0. The van der Waals surface area contributed by atoms with Gasteiger partial charge in [0, 0.05) is 0 Å². The normalized spacial score (nSPS) is 9.47. The largest absolute Gasteiger partial charge is 0.478 e. The Morgan fingerprint density at radius 3 is 2.71 bits per heavy atom. The molecule has 0 aromatic heterocycles. The number of carbonyl (C=O) groups is 2. The van der Waals surface area contributed by atoms with Crippen LogP contribution >= 0.6 is 0 Å². The smallest absolute Gasteiger partial charge is 0.340 e. The summed E-state index contributed by atoms with van der Waals surface area (Å²) in [5.74, 6) is -3.08. The van der Waals surface area contributed by atoms with Crippen LogP contribution in [0.2, 0.25) is 0 Å². The van der Waals surface area contributed by atoms with Gasteiger partial charge in [0.2, 0.25) is 5.91 Å². The molecule has 88 valence electrons. The Morgan fingerprint density at radius 1 is 1.53 bits per heavy atom. The number of hydrogen-bond acceptors (Lipinski definition) is 3. The van der Waals surface area contributed by atoms with E-state index in [1.54, 1.807) is 13.0 Å². The predicted molar refractivity (Wildman–Crippen MR) is 57.0 cm³/mol. The first-order valence-electron chi connectivity index (χ1n) is 4.66. The molecule has 0 heterocycles. The molecule has 6 heteroatoms. The number of carboxylic acid groups (broad SMARTS) is 1. The molecule has 1 amide bonds. The molecule has 0 saturated heterocycles. The van der Waals surface area contributed by atoms with Crippen LogP contribution in [0.5, 0.6) is 0 Å². The van der Waals surface area contributed by atoms with Gasteiger partial charge in [-0.05, 0) is 24.6 Å². The van der Waals surface area contributed by atoms with Gasteiger partial charge in [-0.15, -0.1) is 0 Å². The van der Waals surface area contributed by atoms with E-state index >= 15 is 0 Å². The summed E-state index contributed by atoms with van der Waals surface area (Å²) >= 11 is 0. The molecule has 0 spiro atoms. The van der Waals surface area contributed by atoms with Crippen molar-refractivity contribution in [2.45, 2.75) is 13.3 Å². The molecule has 1 aromatic carbocycles. The predicted octanol–water partition coefficient (Wildman–Crippen LogP) is 1.68. The van der Waals surface area contributed by atoms with Gasteiger partial charge in [0.1, 0.15) is 17.8 Å². The lowest BCUT2D eigenvalue weighted by Gasteiger charge is -2.09. The molecule has 1 aromatic rings. The van der Waals surface area contributed by atoms with Gasteiger partial charge in [-0.3, -0.25) is 4.79 Å². The van der Waals surface area contributed by atoms with Crippen LogP contribution in [0, 0.1) is 24.1 Å². The van der Waals surface area contributed by atoms with Crippen LogP contribution in [0.25, 0.3) is 0 Å². The number of anilines is 1. The minimum Gasteiger partial charge on any atom is -0.478 e. The van der Waals surface area contributed by atoms with Gasteiger partial charge in [0.25, 0.3) is 0 Å². The van der Waals surface area contributed by atoms with Gasteiger partial charge in [-0.25, -0.2) is 9.18 Å². The molecule has 0 aliphatic carbocycles. The van der Waals surface area contributed by atoms with E-state index in [0.717, 1.165) is 6.07 Å². The number of aromatic carboxylic acids is 1. The van der Waals surface area contributed by atoms with E-state index in [0.29, 0.717) is 5.56 Å². The maximum atomic E-state index is 13.4. The summed E-state index contributed by atoms with van der Waals surface area (Å²) in [4.78, 5) is 22.0. The van der Waals surface area contributed by atoms with Gasteiger partial charge in [0.15, 0.2) is 0 Å². The fraction of sp³-hybridized carbons (Fsp3) is 0.182. The number of rotatable bonds is 3. The minimum atomic E-state index is -1.48. The number of carboxylic acids is 1. The first-order chi connectivity index (χ1) is 7.95. The summed E-state index contributed by atoms with van der Waals surface area (Å²) in [6.07, 6.45) is -0.422. The molecule has 17 heavy (non-hydrogen) atoms. The summed E-state index contributed by atoms with van der Waals surface area (Å²) < 4.78 is 13.4. The Balaban J connectivity index is 3.18. The molecular weight excluding hydrogens is 227 g/mol. The topological polar surface area (TPSA) is 90.2 Å². The van der Waals surface area contributed by atoms with Crippen molar-refractivity contribution in [2.24, 2.45) is 0 Å². The summed E-state index contributed by atoms with van der Waals surface area (Å²) in [5, 5.41) is 19.3. The van der Waals surface area contributed by atoms with Crippen molar-refractivity contribution >= 4 is 17.6 Å². The van der Waals surface area contributed by atoms with E-state index in [1.165, 1.54) is 6.07 Å². The molecular formula is C11H9FN2O3. The fourth-order valence-electron chi connectivity index (χ4n) is 1.32. The van der Waals surface area contributed by atoms with Gasteiger partial charge >= 0.3 is 5.97 Å². The Kier molecular flexibility index (Phi) is 3.78. The van der Waals surface area contributed by atoms with E-state index in [4.69, 9.17) is 10.4 Å². The maximum Gasteiger partial charge on any atom is 0.340 e. The van der Waals surface area contributed by atoms with Crippen LogP contribution in [-0.2, 0) is 4.79 Å². The summed E-state index contributed by atoms with van der Waals surface area (Å²) in [6, 6.07) is 4.01. The number of nitrogens with zero attached hydrogens (tertiary/aromatic N) is 1. The highest BCUT2D eigenvalue weighted by Crippen LogP contribution is 2.21. The zero-order chi connectivity index (χ0) is 13.0. The Bertz CT molecular complexity index is 520. The molecule has 0 radical (unpaired) electrons. The monoisotopic (exact) mass is 236 g/mol. The Labute approximate surface area is 96.5 Å². The van der Waals surface area contributed by atoms with Crippen molar-refractivity contribution in [2.75, 3.05) is 5.32 Å². The van der Waals surface area contributed by atoms with Crippen molar-refractivity contribution in [1.82, 2.24) is 0 Å². The third-order valence-corrected chi connectivity index (χ3v) is 1.96. The molecule has 0 saturated carbocycles. The van der Waals surface area contributed by atoms with Crippen molar-refractivity contribution in [1.29, 1.82) is 5.26 Å². The average molecular weight is 236 g/mol. The molecule has 0 aliphatic rings. The van der Waals surface area contributed by atoms with Crippen LogP contribution in [0.1, 0.15) is 22.3 Å². The highest BCUT2D eigenvalue weighted by molar-refractivity contribution is 6.01. The number of halogens is 1. The molecule has 1 rings (SSSR count). The second-order valence-corrected chi connectivity index (χ2v) is 3.36. The van der Waals surface area contributed by atoms with Crippen LogP contribution in [0.4, 0.5) is 10.1 Å². The number of nitrogens with one attached hydrogen (secondary N) is 1. The maximum absolute atomic E-state index is 13.4. The number of hydrogen-bond donors (Lipinski definition) is 2. The van der Waals surface area contributed by atoms with Crippen molar-refractivity contribution in [3.05, 3.63) is 29.1 Å². The number of nitriles is 1. The lowest BCUT2D eigenvalue weighted by molar-refractivity contribution is -0.115. The zero-order valence-electron chi connectivity index (χ0n) is 8.95. The molecule has 0 unspecified atom stereocenters. The fourth-order valence-corrected chi connectivity index (χ4v) is 1.32. The van der Waals surface area contributed by atoms with Gasteiger partial charge < -0.3 is 10.4 Å².